The molecule has 0 saturated carbocycles. The van der Waals surface area contributed by atoms with E-state index < -0.39 is 5.56 Å². The van der Waals surface area contributed by atoms with Gasteiger partial charge in [-0.05, 0) is 44.0 Å². The molecular formula is C17H15N5O2. The maximum Gasteiger partial charge on any atom is 0.285 e. The predicted octanol–water partition coefficient (Wildman–Crippen LogP) is 1.10. The molecule has 24 heavy (non-hydrogen) atoms. The van der Waals surface area contributed by atoms with E-state index in [1.54, 1.807) is 26.1 Å². The fraction of sp³-hybridized carbons (Fsp3) is 0.235. The van der Waals surface area contributed by atoms with Crippen molar-refractivity contribution in [2.45, 2.75) is 27.3 Å². The van der Waals surface area contributed by atoms with Crippen LogP contribution in [0.3, 0.4) is 0 Å². The summed E-state index contributed by atoms with van der Waals surface area (Å²) in [5.41, 5.74) is 2.44. The molecule has 3 aromatic rings. The molecule has 0 aromatic carbocycles. The van der Waals surface area contributed by atoms with Crippen LogP contribution < -0.4 is 11.1 Å². The molecule has 0 fully saturated rings. The lowest BCUT2D eigenvalue weighted by molar-refractivity contribution is 0.612. The molecule has 0 bridgehead atoms. The molecule has 120 valence electrons. The molecule has 7 nitrogen and oxygen atoms in total. The Kier molecular flexibility index (Phi) is 3.73. The van der Waals surface area contributed by atoms with Crippen molar-refractivity contribution in [2.75, 3.05) is 0 Å². The quantitative estimate of drug-likeness (QED) is 0.704. The third-order valence-electron chi connectivity index (χ3n) is 3.94. The largest absolute Gasteiger partial charge is 0.285 e. The van der Waals surface area contributed by atoms with E-state index in [2.05, 4.69) is 10.1 Å². The highest BCUT2D eigenvalue weighted by molar-refractivity contribution is 5.41. The molecule has 0 radical (unpaired) electrons. The van der Waals surface area contributed by atoms with E-state index in [4.69, 9.17) is 0 Å². The Hall–Kier alpha value is -3.27. The van der Waals surface area contributed by atoms with Gasteiger partial charge in [0, 0.05) is 12.3 Å². The molecule has 0 N–H and O–H groups in total. The summed E-state index contributed by atoms with van der Waals surface area (Å²) in [6, 6.07) is 6.91. The summed E-state index contributed by atoms with van der Waals surface area (Å²) in [7, 11) is 0. The van der Waals surface area contributed by atoms with E-state index in [1.165, 1.54) is 15.1 Å². The number of nitrogens with zero attached hydrogens (tertiary/aromatic N) is 5. The van der Waals surface area contributed by atoms with Crippen molar-refractivity contribution in [2.24, 2.45) is 0 Å². The second kappa shape index (κ2) is 5.74. The average Bonchev–Trinajstić information content (AvgIpc) is 2.53. The molecular weight excluding hydrogens is 306 g/mol. The van der Waals surface area contributed by atoms with Gasteiger partial charge in [-0.3, -0.25) is 14.0 Å². The average molecular weight is 321 g/mol. The second-order valence-electron chi connectivity index (χ2n) is 5.68. The van der Waals surface area contributed by atoms with E-state index in [-0.39, 0.29) is 17.7 Å². The summed E-state index contributed by atoms with van der Waals surface area (Å²) in [6.45, 7) is 5.37. The highest BCUT2D eigenvalue weighted by atomic mass is 16.1. The number of rotatable bonds is 2. The summed E-state index contributed by atoms with van der Waals surface area (Å²) >= 11 is 0. The summed E-state index contributed by atoms with van der Waals surface area (Å²) in [4.78, 5) is 29.0. The molecule has 0 aliphatic carbocycles. The van der Waals surface area contributed by atoms with Gasteiger partial charge >= 0.3 is 0 Å². The number of hydrogen-bond acceptors (Lipinski definition) is 5. The van der Waals surface area contributed by atoms with Gasteiger partial charge in [0.15, 0.2) is 0 Å². The zero-order chi connectivity index (χ0) is 17.4. The Bertz CT molecular complexity index is 1120. The molecule has 0 aliphatic heterocycles. The van der Waals surface area contributed by atoms with Crippen molar-refractivity contribution in [1.29, 1.82) is 5.26 Å². The lowest BCUT2D eigenvalue weighted by Gasteiger charge is -2.09. The molecule has 7 heteroatoms. The first-order valence-electron chi connectivity index (χ1n) is 7.38. The van der Waals surface area contributed by atoms with Crippen LogP contribution in [0.5, 0.6) is 0 Å². The summed E-state index contributed by atoms with van der Waals surface area (Å²) in [5.74, 6) is 0. The fourth-order valence-electron chi connectivity index (χ4n) is 2.50. The van der Waals surface area contributed by atoms with Crippen LogP contribution in [0.2, 0.25) is 0 Å². The van der Waals surface area contributed by atoms with E-state index in [0.29, 0.717) is 22.6 Å². The molecule has 0 spiro atoms. The molecule has 3 heterocycles. The first-order chi connectivity index (χ1) is 11.4. The summed E-state index contributed by atoms with van der Waals surface area (Å²) in [5, 5.41) is 13.4. The topological polar surface area (TPSA) is 93.0 Å². The van der Waals surface area contributed by atoms with E-state index in [9.17, 15) is 14.9 Å². The van der Waals surface area contributed by atoms with Gasteiger partial charge in [0.2, 0.25) is 0 Å². The van der Waals surface area contributed by atoms with E-state index in [0.717, 1.165) is 5.56 Å². The maximum atomic E-state index is 12.3. The van der Waals surface area contributed by atoms with Gasteiger partial charge in [-0.2, -0.15) is 10.4 Å². The normalized spacial score (nSPS) is 10.8. The van der Waals surface area contributed by atoms with Gasteiger partial charge in [0.05, 0.1) is 17.9 Å². The van der Waals surface area contributed by atoms with E-state index >= 15 is 0 Å². The Morgan fingerprint density at radius 2 is 1.96 bits per heavy atom. The molecule has 3 aromatic heterocycles. The smallest absolute Gasteiger partial charge is 0.269 e. The van der Waals surface area contributed by atoms with Crippen LogP contribution in [0.25, 0.3) is 5.65 Å². The first kappa shape index (κ1) is 15.6. The molecule has 3 rings (SSSR count). The second-order valence-corrected chi connectivity index (χ2v) is 5.68. The van der Waals surface area contributed by atoms with Gasteiger partial charge in [0.25, 0.3) is 11.1 Å². The van der Waals surface area contributed by atoms with Crippen LogP contribution in [0, 0.1) is 32.1 Å². The van der Waals surface area contributed by atoms with Gasteiger partial charge in [-0.1, -0.05) is 0 Å². The van der Waals surface area contributed by atoms with Crippen molar-refractivity contribution >= 4 is 5.65 Å². The highest BCUT2D eigenvalue weighted by Gasteiger charge is 2.13. The maximum absolute atomic E-state index is 12.3. The number of aromatic nitrogens is 4. The number of fused-ring (bicyclic) bond motifs is 1. The standard InChI is InChI=1S/C17H15N5O2/c1-10-4-5-21-15(6-10)19-13(7-16(21)23)9-22-17(24)14(8-18)11(2)12(3)20-22/h4-7H,9H2,1-3H3. The van der Waals surface area contributed by atoms with Crippen molar-refractivity contribution in [3.8, 4) is 6.07 Å². The molecule has 0 amide bonds. The monoisotopic (exact) mass is 321 g/mol. The third-order valence-corrected chi connectivity index (χ3v) is 3.94. The Balaban J connectivity index is 2.15. The molecule has 0 aliphatic rings. The minimum Gasteiger partial charge on any atom is -0.269 e. The lowest BCUT2D eigenvalue weighted by Crippen LogP contribution is -2.29. The zero-order valence-electron chi connectivity index (χ0n) is 13.6. The molecule has 0 unspecified atom stereocenters. The summed E-state index contributed by atoms with van der Waals surface area (Å²) in [6.07, 6.45) is 1.66. The van der Waals surface area contributed by atoms with Crippen LogP contribution in [0.4, 0.5) is 0 Å². The predicted molar refractivity (Wildman–Crippen MR) is 88.0 cm³/mol. The SMILES string of the molecule is Cc1ccn2c(=O)cc(Cn3nc(C)c(C)c(C#N)c3=O)nc2c1. The van der Waals surface area contributed by atoms with Crippen LogP contribution in [0.15, 0.2) is 34.0 Å². The van der Waals surface area contributed by atoms with Crippen LogP contribution in [-0.4, -0.2) is 19.2 Å². The number of nitriles is 1. The minimum absolute atomic E-state index is 0.0360. The third kappa shape index (κ3) is 2.58. The first-order valence-corrected chi connectivity index (χ1v) is 7.38. The number of hydrogen-bond donors (Lipinski definition) is 0. The fourth-order valence-corrected chi connectivity index (χ4v) is 2.50. The highest BCUT2D eigenvalue weighted by Crippen LogP contribution is 2.07. The molecule has 0 atom stereocenters. The van der Waals surface area contributed by atoms with Gasteiger partial charge < -0.3 is 0 Å². The Labute approximate surface area is 137 Å². The van der Waals surface area contributed by atoms with Gasteiger partial charge in [-0.15, -0.1) is 0 Å². The minimum atomic E-state index is -0.480. The Morgan fingerprint density at radius 3 is 2.67 bits per heavy atom. The summed E-state index contributed by atoms with van der Waals surface area (Å²) < 4.78 is 2.61. The van der Waals surface area contributed by atoms with Gasteiger partial charge in [0.1, 0.15) is 17.3 Å². The molecule has 0 saturated heterocycles. The van der Waals surface area contributed by atoms with Crippen LogP contribution in [-0.2, 0) is 6.54 Å². The lowest BCUT2D eigenvalue weighted by atomic mass is 10.1. The van der Waals surface area contributed by atoms with Crippen molar-refractivity contribution in [3.63, 3.8) is 0 Å². The number of aryl methyl sites for hydroxylation is 2. The van der Waals surface area contributed by atoms with Crippen molar-refractivity contribution in [1.82, 2.24) is 19.2 Å². The van der Waals surface area contributed by atoms with Crippen molar-refractivity contribution in [3.05, 3.63) is 73.2 Å². The Morgan fingerprint density at radius 1 is 1.21 bits per heavy atom. The van der Waals surface area contributed by atoms with Gasteiger partial charge in [-0.25, -0.2) is 9.67 Å². The van der Waals surface area contributed by atoms with Crippen molar-refractivity contribution < 1.29 is 0 Å². The van der Waals surface area contributed by atoms with Crippen LogP contribution in [0.1, 0.15) is 28.1 Å². The number of pyridine rings is 1. The van der Waals surface area contributed by atoms with Crippen LogP contribution >= 0.6 is 0 Å². The zero-order valence-corrected chi connectivity index (χ0v) is 13.6. The van der Waals surface area contributed by atoms with E-state index in [1.807, 2.05) is 19.1 Å².